The van der Waals surface area contributed by atoms with Gasteiger partial charge in [0.05, 0.1) is 17.8 Å². The Labute approximate surface area is 128 Å². The van der Waals surface area contributed by atoms with Gasteiger partial charge in [-0.1, -0.05) is 19.3 Å². The second kappa shape index (κ2) is 7.92. The van der Waals surface area contributed by atoms with Crippen LogP contribution in [0.15, 0.2) is 6.07 Å². The van der Waals surface area contributed by atoms with E-state index >= 15 is 0 Å². The lowest BCUT2D eigenvalue weighted by atomic mass is 9.81. The third-order valence-corrected chi connectivity index (χ3v) is 4.61. The number of nitrogens with one attached hydrogen (secondary N) is 1. The van der Waals surface area contributed by atoms with Crippen LogP contribution in [0.1, 0.15) is 50.4 Å². The van der Waals surface area contributed by atoms with Crippen molar-refractivity contribution in [2.45, 2.75) is 64.5 Å². The van der Waals surface area contributed by atoms with Crippen LogP contribution in [0, 0.1) is 12.8 Å². The third kappa shape index (κ3) is 4.28. The Morgan fingerprint density at radius 3 is 2.67 bits per heavy atom. The summed E-state index contributed by atoms with van der Waals surface area (Å²) in [5.74, 6) is 6.48. The van der Waals surface area contributed by atoms with E-state index < -0.39 is 0 Å². The van der Waals surface area contributed by atoms with Crippen molar-refractivity contribution in [3.63, 3.8) is 0 Å². The van der Waals surface area contributed by atoms with Crippen molar-refractivity contribution < 1.29 is 4.74 Å². The maximum absolute atomic E-state index is 6.08. The van der Waals surface area contributed by atoms with Crippen molar-refractivity contribution in [2.24, 2.45) is 18.8 Å². The molecule has 0 amide bonds. The molecule has 1 saturated carbocycles. The zero-order valence-corrected chi connectivity index (χ0v) is 13.6. The molecule has 21 heavy (non-hydrogen) atoms. The largest absolute Gasteiger partial charge is 0.377 e. The molecule has 5 heteroatoms. The SMILES string of the molecule is CCOC(C1CCCCC1)C(Cc1cc(C)nn1C)NN. The van der Waals surface area contributed by atoms with E-state index in [0.717, 1.165) is 18.7 Å². The zero-order valence-electron chi connectivity index (χ0n) is 13.6. The maximum atomic E-state index is 6.08. The van der Waals surface area contributed by atoms with Crippen LogP contribution in [0.25, 0.3) is 0 Å². The van der Waals surface area contributed by atoms with E-state index in [9.17, 15) is 0 Å². The molecule has 120 valence electrons. The molecule has 1 heterocycles. The van der Waals surface area contributed by atoms with Crippen molar-refractivity contribution in [1.29, 1.82) is 0 Å². The summed E-state index contributed by atoms with van der Waals surface area (Å²) in [4.78, 5) is 0. The Morgan fingerprint density at radius 1 is 1.43 bits per heavy atom. The molecule has 0 aliphatic heterocycles. The molecule has 2 unspecified atom stereocenters. The number of aryl methyl sites for hydroxylation is 2. The van der Waals surface area contributed by atoms with E-state index in [4.69, 9.17) is 10.6 Å². The van der Waals surface area contributed by atoms with Crippen LogP contribution in [0.2, 0.25) is 0 Å². The highest BCUT2D eigenvalue weighted by Gasteiger charge is 2.31. The molecule has 1 aromatic heterocycles. The molecule has 0 radical (unpaired) electrons. The van der Waals surface area contributed by atoms with Crippen molar-refractivity contribution in [2.75, 3.05) is 6.61 Å². The van der Waals surface area contributed by atoms with Crippen LogP contribution in [0.3, 0.4) is 0 Å². The number of hydrogen-bond donors (Lipinski definition) is 2. The van der Waals surface area contributed by atoms with Gasteiger partial charge in [-0.25, -0.2) is 0 Å². The van der Waals surface area contributed by atoms with Gasteiger partial charge in [0.1, 0.15) is 0 Å². The van der Waals surface area contributed by atoms with E-state index in [1.165, 1.54) is 37.8 Å². The summed E-state index contributed by atoms with van der Waals surface area (Å²) in [5, 5.41) is 4.42. The molecule has 1 aromatic rings. The summed E-state index contributed by atoms with van der Waals surface area (Å²) >= 11 is 0. The minimum absolute atomic E-state index is 0.142. The average molecular weight is 294 g/mol. The maximum Gasteiger partial charge on any atom is 0.0773 e. The lowest BCUT2D eigenvalue weighted by molar-refractivity contribution is -0.0178. The molecule has 3 N–H and O–H groups in total. The van der Waals surface area contributed by atoms with E-state index in [2.05, 4.69) is 23.5 Å². The van der Waals surface area contributed by atoms with Gasteiger partial charge in [-0.05, 0) is 38.7 Å². The predicted octanol–water partition coefficient (Wildman–Crippen LogP) is 2.09. The fourth-order valence-electron chi connectivity index (χ4n) is 3.59. The van der Waals surface area contributed by atoms with Crippen molar-refractivity contribution >= 4 is 0 Å². The standard InChI is InChI=1S/C16H30N4O/c1-4-21-16(13-8-6-5-7-9-13)15(18-17)11-14-10-12(2)19-20(14)3/h10,13,15-16,18H,4-9,11,17H2,1-3H3. The van der Waals surface area contributed by atoms with Crippen LogP contribution in [-0.2, 0) is 18.2 Å². The summed E-state index contributed by atoms with van der Waals surface area (Å²) in [6.45, 7) is 4.83. The summed E-state index contributed by atoms with van der Waals surface area (Å²) in [6.07, 6.45) is 7.55. The number of aromatic nitrogens is 2. The van der Waals surface area contributed by atoms with Crippen LogP contribution in [0.5, 0.6) is 0 Å². The molecule has 0 bridgehead atoms. The number of hydrogen-bond acceptors (Lipinski definition) is 4. The van der Waals surface area contributed by atoms with Gasteiger partial charge in [-0.15, -0.1) is 0 Å². The minimum atomic E-state index is 0.142. The Kier molecular flexibility index (Phi) is 6.21. The Hall–Kier alpha value is -0.910. The van der Waals surface area contributed by atoms with Crippen LogP contribution >= 0.6 is 0 Å². The molecule has 5 nitrogen and oxygen atoms in total. The quantitative estimate of drug-likeness (QED) is 0.597. The molecular formula is C16H30N4O. The molecule has 2 rings (SSSR count). The lowest BCUT2D eigenvalue weighted by Gasteiger charge is -2.35. The highest BCUT2D eigenvalue weighted by molar-refractivity contribution is 5.10. The second-order valence-corrected chi connectivity index (χ2v) is 6.20. The lowest BCUT2D eigenvalue weighted by Crippen LogP contribution is -2.50. The van der Waals surface area contributed by atoms with Crippen molar-refractivity contribution in [3.05, 3.63) is 17.5 Å². The molecule has 0 saturated heterocycles. The van der Waals surface area contributed by atoms with Crippen LogP contribution in [-0.4, -0.2) is 28.5 Å². The summed E-state index contributed by atoms with van der Waals surface area (Å²) in [5.41, 5.74) is 5.26. The first-order chi connectivity index (χ1) is 10.2. The zero-order chi connectivity index (χ0) is 15.2. The fraction of sp³-hybridized carbons (Fsp3) is 0.812. The normalized spacial score (nSPS) is 19.6. The molecule has 0 spiro atoms. The van der Waals surface area contributed by atoms with Gasteiger partial charge in [0.2, 0.25) is 0 Å². The van der Waals surface area contributed by atoms with E-state index in [0.29, 0.717) is 5.92 Å². The predicted molar refractivity (Wildman–Crippen MR) is 84.7 cm³/mol. The van der Waals surface area contributed by atoms with Crippen molar-refractivity contribution in [1.82, 2.24) is 15.2 Å². The summed E-state index contributed by atoms with van der Waals surface area (Å²) in [6, 6.07) is 2.27. The van der Waals surface area contributed by atoms with E-state index in [1.807, 2.05) is 18.7 Å². The van der Waals surface area contributed by atoms with Gasteiger partial charge >= 0.3 is 0 Å². The number of rotatable bonds is 7. The highest BCUT2D eigenvalue weighted by Crippen LogP contribution is 2.30. The molecule has 0 aromatic carbocycles. The fourth-order valence-corrected chi connectivity index (χ4v) is 3.59. The minimum Gasteiger partial charge on any atom is -0.377 e. The summed E-state index contributed by atoms with van der Waals surface area (Å²) in [7, 11) is 1.99. The molecule has 1 aliphatic rings. The average Bonchev–Trinajstić information content (AvgIpc) is 2.81. The first-order valence-corrected chi connectivity index (χ1v) is 8.23. The summed E-state index contributed by atoms with van der Waals surface area (Å²) < 4.78 is 8.03. The van der Waals surface area contributed by atoms with E-state index in [-0.39, 0.29) is 12.1 Å². The number of nitrogens with zero attached hydrogens (tertiary/aromatic N) is 2. The van der Waals surface area contributed by atoms with Gasteiger partial charge in [0.15, 0.2) is 0 Å². The number of hydrazine groups is 1. The number of nitrogens with two attached hydrogens (primary N) is 1. The Bertz CT molecular complexity index is 426. The van der Waals surface area contributed by atoms with Crippen LogP contribution < -0.4 is 11.3 Å². The Morgan fingerprint density at radius 2 is 2.14 bits per heavy atom. The first kappa shape index (κ1) is 16.5. The molecule has 1 fully saturated rings. The smallest absolute Gasteiger partial charge is 0.0773 e. The monoisotopic (exact) mass is 294 g/mol. The highest BCUT2D eigenvalue weighted by atomic mass is 16.5. The van der Waals surface area contributed by atoms with E-state index in [1.54, 1.807) is 0 Å². The van der Waals surface area contributed by atoms with Gasteiger partial charge in [-0.2, -0.15) is 5.10 Å². The number of ether oxygens (including phenoxy) is 1. The van der Waals surface area contributed by atoms with Crippen molar-refractivity contribution in [3.8, 4) is 0 Å². The Balaban J connectivity index is 2.09. The van der Waals surface area contributed by atoms with Gasteiger partial charge in [-0.3, -0.25) is 16.0 Å². The molecule has 2 atom stereocenters. The molecule has 1 aliphatic carbocycles. The van der Waals surface area contributed by atoms with Gasteiger partial charge in [0.25, 0.3) is 0 Å². The van der Waals surface area contributed by atoms with Crippen LogP contribution in [0.4, 0.5) is 0 Å². The first-order valence-electron chi connectivity index (χ1n) is 8.23. The second-order valence-electron chi connectivity index (χ2n) is 6.20. The third-order valence-electron chi connectivity index (χ3n) is 4.61. The van der Waals surface area contributed by atoms with Gasteiger partial charge in [0, 0.05) is 25.8 Å². The van der Waals surface area contributed by atoms with Gasteiger partial charge < -0.3 is 4.74 Å². The molecular weight excluding hydrogens is 264 g/mol. The topological polar surface area (TPSA) is 65.1 Å².